The van der Waals surface area contributed by atoms with Crippen LogP contribution in [-0.4, -0.2) is 18.3 Å². The van der Waals surface area contributed by atoms with Crippen molar-refractivity contribution in [2.24, 2.45) is 0 Å². The first kappa shape index (κ1) is 36.2. The van der Waals surface area contributed by atoms with Gasteiger partial charge in [-0.15, -0.1) is 0 Å². The maximum atomic E-state index is 11.2. The molecular weight excluding hydrogens is 805 g/mol. The number of rotatable bonds is 4. The third-order valence-electron chi connectivity index (χ3n) is 13.8. The quantitative estimate of drug-likeness (QED) is 0.163. The SMILES string of the molecule is [C-]#[N+]c1cc(-n2c3cc(-n4c5ccccc5c5ccccc54)c(-n4c5ccccc5c5ccccc54)cc3c3c4ccccc4ccc32)cc(C#N)c1-n1c2ccccc2c2ccccc21. The molecule has 0 aliphatic rings. The van der Waals surface area contributed by atoms with E-state index in [-0.39, 0.29) is 0 Å². The Balaban J connectivity index is 1.16. The molecule has 0 radical (unpaired) electrons. The van der Waals surface area contributed by atoms with Gasteiger partial charge in [-0.1, -0.05) is 140 Å². The summed E-state index contributed by atoms with van der Waals surface area (Å²) in [6, 6.07) is 75.4. The monoisotopic (exact) mass is 838 g/mol. The lowest BCUT2D eigenvalue weighted by Gasteiger charge is -2.19. The van der Waals surface area contributed by atoms with E-state index < -0.39 is 0 Å². The molecule has 6 nitrogen and oxygen atoms in total. The van der Waals surface area contributed by atoms with E-state index in [1.54, 1.807) is 0 Å². The van der Waals surface area contributed by atoms with E-state index in [0.29, 0.717) is 16.9 Å². The molecule has 4 heterocycles. The van der Waals surface area contributed by atoms with Gasteiger partial charge in [0.15, 0.2) is 0 Å². The highest BCUT2D eigenvalue weighted by atomic mass is 15.1. The number of hydrogen-bond donors (Lipinski definition) is 0. The van der Waals surface area contributed by atoms with Gasteiger partial charge in [0.2, 0.25) is 5.69 Å². The van der Waals surface area contributed by atoms with E-state index in [2.05, 4.69) is 199 Å². The van der Waals surface area contributed by atoms with Gasteiger partial charge in [0.1, 0.15) is 6.07 Å². The summed E-state index contributed by atoms with van der Waals surface area (Å²) < 4.78 is 9.22. The molecule has 14 rings (SSSR count). The van der Waals surface area contributed by atoms with Gasteiger partial charge < -0.3 is 18.3 Å². The van der Waals surface area contributed by atoms with Gasteiger partial charge in [-0.2, -0.15) is 5.26 Å². The fourth-order valence-corrected chi connectivity index (χ4v) is 11.1. The van der Waals surface area contributed by atoms with Crippen LogP contribution in [0.2, 0.25) is 0 Å². The average Bonchev–Trinajstić information content (AvgIpc) is 4.10. The van der Waals surface area contributed by atoms with Gasteiger partial charge in [-0.05, 0) is 77.5 Å². The predicted octanol–water partition coefficient (Wildman–Crippen LogP) is 15.7. The Kier molecular flexibility index (Phi) is 7.43. The molecule has 0 unspecified atom stereocenters. The second kappa shape index (κ2) is 13.6. The Morgan fingerprint density at radius 2 is 0.788 bits per heavy atom. The molecule has 0 saturated heterocycles. The van der Waals surface area contributed by atoms with E-state index in [1.807, 2.05) is 36.4 Å². The highest BCUT2D eigenvalue weighted by molar-refractivity contribution is 6.23. The Morgan fingerprint density at radius 3 is 1.26 bits per heavy atom. The van der Waals surface area contributed by atoms with Crippen molar-refractivity contribution >= 4 is 104 Å². The van der Waals surface area contributed by atoms with Crippen LogP contribution in [-0.2, 0) is 0 Å². The summed E-state index contributed by atoms with van der Waals surface area (Å²) in [5.41, 5.74) is 12.5. The molecule has 0 aliphatic carbocycles. The third kappa shape index (κ3) is 4.82. The fourth-order valence-electron chi connectivity index (χ4n) is 11.1. The van der Waals surface area contributed by atoms with Crippen LogP contribution >= 0.6 is 0 Å². The Hall–Kier alpha value is -9.36. The van der Waals surface area contributed by atoms with Gasteiger partial charge in [0.25, 0.3) is 0 Å². The topological polar surface area (TPSA) is 47.9 Å². The Morgan fingerprint density at radius 1 is 0.364 bits per heavy atom. The van der Waals surface area contributed by atoms with E-state index in [4.69, 9.17) is 6.57 Å². The minimum absolute atomic E-state index is 0.399. The van der Waals surface area contributed by atoms with Crippen molar-refractivity contribution in [3.8, 4) is 28.8 Å². The van der Waals surface area contributed by atoms with Crippen LogP contribution in [0, 0.1) is 17.9 Å². The van der Waals surface area contributed by atoms with Gasteiger partial charge in [0, 0.05) is 48.8 Å². The number of fused-ring (bicyclic) bond motifs is 14. The van der Waals surface area contributed by atoms with Gasteiger partial charge in [-0.25, -0.2) is 4.85 Å². The molecule has 304 valence electrons. The first-order valence-electron chi connectivity index (χ1n) is 22.1. The number of aromatic nitrogens is 4. The third-order valence-corrected chi connectivity index (χ3v) is 13.8. The number of nitriles is 1. The second-order valence-electron chi connectivity index (χ2n) is 17.1. The largest absolute Gasteiger partial charge is 0.318 e. The van der Waals surface area contributed by atoms with Crippen molar-refractivity contribution in [2.75, 3.05) is 0 Å². The minimum atomic E-state index is 0.399. The number of hydrogen-bond acceptors (Lipinski definition) is 1. The van der Waals surface area contributed by atoms with Crippen LogP contribution in [0.5, 0.6) is 0 Å². The average molecular weight is 839 g/mol. The molecule has 0 fully saturated rings. The van der Waals surface area contributed by atoms with E-state index >= 15 is 0 Å². The number of nitrogens with zero attached hydrogens (tertiary/aromatic N) is 6. The van der Waals surface area contributed by atoms with Crippen LogP contribution in [0.15, 0.2) is 206 Å². The summed E-state index contributed by atoms with van der Waals surface area (Å²) in [5.74, 6) is 0. The molecular formula is C60H34N6. The van der Waals surface area contributed by atoms with Gasteiger partial charge >= 0.3 is 0 Å². The molecule has 0 spiro atoms. The van der Waals surface area contributed by atoms with Gasteiger partial charge in [0.05, 0.1) is 73.3 Å². The first-order valence-corrected chi connectivity index (χ1v) is 22.1. The van der Waals surface area contributed by atoms with Crippen molar-refractivity contribution in [1.82, 2.24) is 18.3 Å². The summed E-state index contributed by atoms with van der Waals surface area (Å²) in [7, 11) is 0. The molecule has 0 atom stereocenters. The molecule has 0 aliphatic heterocycles. The van der Waals surface area contributed by atoms with Gasteiger partial charge in [-0.3, -0.25) is 0 Å². The zero-order valence-corrected chi connectivity index (χ0v) is 35.3. The Bertz CT molecular complexity index is 4300. The zero-order valence-electron chi connectivity index (χ0n) is 35.3. The van der Waals surface area contributed by atoms with Crippen molar-refractivity contribution in [2.45, 2.75) is 0 Å². The Labute approximate surface area is 377 Å². The van der Waals surface area contributed by atoms with Crippen molar-refractivity contribution in [1.29, 1.82) is 5.26 Å². The molecule has 4 aromatic heterocycles. The summed E-state index contributed by atoms with van der Waals surface area (Å²) in [5, 5.41) is 22.5. The predicted molar refractivity (Wildman–Crippen MR) is 272 cm³/mol. The number of benzene rings is 10. The molecule has 0 saturated carbocycles. The number of para-hydroxylation sites is 6. The zero-order chi connectivity index (χ0) is 43.6. The van der Waals surface area contributed by atoms with E-state index in [0.717, 1.165) is 93.5 Å². The standard InChI is InChI=1S/C60H34N6/c1-62-48-33-39(32-38(36-61)60(48)66-53-28-14-8-22-45(53)46-23-9-15-29-54(46)66)63-55-31-30-37-16-2-3-17-40(37)59(55)47-34-57(64-49-24-10-4-18-41(49)42-19-5-11-25-50(42)64)58(35-56(47)63)65-51-26-12-6-20-43(51)44-21-7-13-27-52(44)65/h2-35H. The van der Waals surface area contributed by atoms with E-state index in [1.165, 1.54) is 21.5 Å². The van der Waals surface area contributed by atoms with Crippen molar-refractivity contribution < 1.29 is 0 Å². The maximum absolute atomic E-state index is 11.2. The smallest absolute Gasteiger partial charge is 0.214 e. The minimum Gasteiger partial charge on any atom is -0.318 e. The highest BCUT2D eigenvalue weighted by Crippen LogP contribution is 2.46. The lowest BCUT2D eigenvalue weighted by Crippen LogP contribution is -2.05. The molecule has 14 aromatic rings. The lowest BCUT2D eigenvalue weighted by molar-refractivity contribution is 1.09. The normalized spacial score (nSPS) is 11.9. The second-order valence-corrected chi connectivity index (χ2v) is 17.1. The summed E-state index contributed by atoms with van der Waals surface area (Å²) in [4.78, 5) is 4.22. The van der Waals surface area contributed by atoms with Crippen LogP contribution in [0.4, 0.5) is 5.69 Å². The summed E-state index contributed by atoms with van der Waals surface area (Å²) in [6.45, 7) is 8.74. The summed E-state index contributed by atoms with van der Waals surface area (Å²) >= 11 is 0. The first-order chi connectivity index (χ1) is 32.7. The van der Waals surface area contributed by atoms with Crippen LogP contribution < -0.4 is 0 Å². The summed E-state index contributed by atoms with van der Waals surface area (Å²) in [6.07, 6.45) is 0. The lowest BCUT2D eigenvalue weighted by atomic mass is 10.0. The molecule has 0 amide bonds. The van der Waals surface area contributed by atoms with E-state index in [9.17, 15) is 5.26 Å². The molecule has 0 N–H and O–H groups in total. The van der Waals surface area contributed by atoms with Crippen molar-refractivity contribution in [3.63, 3.8) is 0 Å². The fraction of sp³-hybridized carbons (Fsp3) is 0. The van der Waals surface area contributed by atoms with Crippen LogP contribution in [0.1, 0.15) is 5.56 Å². The van der Waals surface area contributed by atoms with Crippen LogP contribution in [0.25, 0.3) is 126 Å². The highest BCUT2D eigenvalue weighted by Gasteiger charge is 2.26. The molecule has 0 bridgehead atoms. The molecule has 66 heavy (non-hydrogen) atoms. The molecule has 10 aromatic carbocycles. The molecule has 6 heteroatoms. The van der Waals surface area contributed by atoms with Crippen LogP contribution in [0.3, 0.4) is 0 Å². The van der Waals surface area contributed by atoms with Crippen molar-refractivity contribution in [3.05, 3.63) is 223 Å². The maximum Gasteiger partial charge on any atom is 0.214 e.